The minimum Gasteiger partial charge on any atom is -0.481 e. The fourth-order valence-corrected chi connectivity index (χ4v) is 3.33. The van der Waals surface area contributed by atoms with E-state index in [0.29, 0.717) is 30.9 Å². The van der Waals surface area contributed by atoms with Gasteiger partial charge in [-0.05, 0) is 31.7 Å². The highest BCUT2D eigenvalue weighted by Gasteiger charge is 2.31. The second kappa shape index (κ2) is 11.1. The molecule has 0 radical (unpaired) electrons. The molecule has 0 saturated heterocycles. The molecule has 1 amide bonds. The van der Waals surface area contributed by atoms with Gasteiger partial charge in [0.15, 0.2) is 5.02 Å². The zero-order valence-electron chi connectivity index (χ0n) is 17.8. The van der Waals surface area contributed by atoms with Gasteiger partial charge in [0.1, 0.15) is 12.9 Å². The normalized spacial score (nSPS) is 18.6. The molecular formula is C21H27ClN4O5. The van der Waals surface area contributed by atoms with Crippen molar-refractivity contribution in [2.45, 2.75) is 45.4 Å². The van der Waals surface area contributed by atoms with Crippen molar-refractivity contribution < 1.29 is 23.7 Å². The quantitative estimate of drug-likeness (QED) is 0.557. The van der Waals surface area contributed by atoms with Crippen molar-refractivity contribution in [2.24, 2.45) is 5.92 Å². The molecule has 2 aromatic heterocycles. The van der Waals surface area contributed by atoms with Gasteiger partial charge in [0, 0.05) is 30.8 Å². The molecule has 31 heavy (non-hydrogen) atoms. The fraction of sp³-hybridized carbons (Fsp3) is 0.524. The number of nitrogens with one attached hydrogen (secondary N) is 1. The number of carbonyl (C=O) groups excluding carboxylic acids is 1. The highest BCUT2D eigenvalue weighted by molar-refractivity contribution is 6.33. The van der Waals surface area contributed by atoms with E-state index in [4.69, 9.17) is 30.5 Å². The third-order valence-electron chi connectivity index (χ3n) is 4.79. The number of carbonyl (C=O) groups is 1. The number of aromatic nitrogens is 3. The van der Waals surface area contributed by atoms with Gasteiger partial charge in [-0.2, -0.15) is 0 Å². The Morgan fingerprint density at radius 1 is 1.23 bits per heavy atom. The van der Waals surface area contributed by atoms with Crippen LogP contribution in [0.4, 0.5) is 0 Å². The minimum absolute atomic E-state index is 0.000238. The van der Waals surface area contributed by atoms with Crippen molar-refractivity contribution >= 4 is 17.5 Å². The van der Waals surface area contributed by atoms with Crippen molar-refractivity contribution in [3.8, 4) is 17.6 Å². The van der Waals surface area contributed by atoms with Gasteiger partial charge in [0.2, 0.25) is 23.5 Å². The molecule has 0 unspecified atom stereocenters. The lowest BCUT2D eigenvalue weighted by atomic mass is 9.83. The maximum atomic E-state index is 11.0. The molecule has 1 atom stereocenters. The summed E-state index contributed by atoms with van der Waals surface area (Å²) in [5, 5.41) is 3.04. The van der Waals surface area contributed by atoms with Gasteiger partial charge in [-0.3, -0.25) is 4.79 Å². The molecule has 2 heterocycles. The highest BCUT2D eigenvalue weighted by Crippen LogP contribution is 2.34. The average molecular weight is 451 g/mol. The van der Waals surface area contributed by atoms with E-state index in [9.17, 15) is 4.79 Å². The van der Waals surface area contributed by atoms with Gasteiger partial charge in [-0.1, -0.05) is 11.6 Å². The van der Waals surface area contributed by atoms with Crippen molar-refractivity contribution in [1.29, 1.82) is 0 Å². The molecule has 2 aromatic rings. The van der Waals surface area contributed by atoms with Gasteiger partial charge < -0.3 is 24.3 Å². The number of rotatable bonds is 11. The molecule has 3 rings (SSSR count). The van der Waals surface area contributed by atoms with Crippen LogP contribution in [0.5, 0.6) is 17.6 Å². The lowest BCUT2D eigenvalue weighted by molar-refractivity contribution is -0.120. The van der Waals surface area contributed by atoms with Crippen LogP contribution >= 0.6 is 11.6 Å². The summed E-state index contributed by atoms with van der Waals surface area (Å²) >= 11 is 6.35. The van der Waals surface area contributed by atoms with E-state index in [-0.39, 0.29) is 35.6 Å². The summed E-state index contributed by atoms with van der Waals surface area (Å²) in [5.41, 5.74) is 0.853. The number of hydrogen-bond donors (Lipinski definition) is 1. The molecule has 1 aliphatic carbocycles. The van der Waals surface area contributed by atoms with E-state index in [1.165, 1.54) is 13.3 Å². The Hall–Kier alpha value is -2.65. The van der Waals surface area contributed by atoms with Crippen LogP contribution in [-0.2, 0) is 16.1 Å². The number of ether oxygens (including phenoxy) is 4. The largest absolute Gasteiger partial charge is 0.481 e. The molecule has 1 saturated carbocycles. The Morgan fingerprint density at radius 3 is 2.61 bits per heavy atom. The smallest absolute Gasteiger partial charge is 0.240 e. The van der Waals surface area contributed by atoms with Gasteiger partial charge in [0.05, 0.1) is 26.4 Å². The molecular weight excluding hydrogens is 424 g/mol. The molecule has 0 spiro atoms. The summed E-state index contributed by atoms with van der Waals surface area (Å²) in [6.45, 7) is 4.66. The SMILES string of the molecule is COc1ccc(COc2ncnc(OC[C@H]3C[C@H](OC[C@H](C)NC(C)=O)C3)c2Cl)cn1. The molecule has 0 aromatic carbocycles. The van der Waals surface area contributed by atoms with Crippen LogP contribution in [0, 0.1) is 5.92 Å². The highest BCUT2D eigenvalue weighted by atomic mass is 35.5. The molecule has 1 N–H and O–H groups in total. The van der Waals surface area contributed by atoms with Gasteiger partial charge >= 0.3 is 0 Å². The summed E-state index contributed by atoms with van der Waals surface area (Å²) in [5.74, 6) is 1.39. The maximum Gasteiger partial charge on any atom is 0.240 e. The molecule has 9 nitrogen and oxygen atoms in total. The predicted molar refractivity (Wildman–Crippen MR) is 113 cm³/mol. The molecule has 1 aliphatic rings. The van der Waals surface area contributed by atoms with E-state index in [1.54, 1.807) is 19.4 Å². The van der Waals surface area contributed by atoms with E-state index < -0.39 is 0 Å². The second-order valence-corrected chi connectivity index (χ2v) is 7.88. The second-order valence-electron chi connectivity index (χ2n) is 7.50. The first kappa shape index (κ1) is 23.0. The van der Waals surface area contributed by atoms with Crippen molar-refractivity contribution in [3.63, 3.8) is 0 Å². The predicted octanol–water partition coefficient (Wildman–Crippen LogP) is 2.81. The van der Waals surface area contributed by atoms with Crippen LogP contribution in [-0.4, -0.2) is 53.3 Å². The number of methoxy groups -OCH3 is 1. The molecule has 10 heteroatoms. The minimum atomic E-state index is -0.0540. The Kier molecular flexibility index (Phi) is 8.25. The van der Waals surface area contributed by atoms with Gasteiger partial charge in [-0.25, -0.2) is 15.0 Å². The molecule has 168 valence electrons. The number of amides is 1. The van der Waals surface area contributed by atoms with Gasteiger partial charge in [-0.15, -0.1) is 0 Å². The first-order chi connectivity index (χ1) is 14.9. The van der Waals surface area contributed by atoms with Crippen LogP contribution in [0.25, 0.3) is 0 Å². The number of nitrogens with zero attached hydrogens (tertiary/aromatic N) is 3. The van der Waals surface area contributed by atoms with Gasteiger partial charge in [0.25, 0.3) is 0 Å². The van der Waals surface area contributed by atoms with Crippen molar-refractivity contribution in [1.82, 2.24) is 20.3 Å². The summed E-state index contributed by atoms with van der Waals surface area (Å²) in [7, 11) is 1.56. The first-order valence-corrected chi connectivity index (χ1v) is 10.5. The monoisotopic (exact) mass is 450 g/mol. The van der Waals surface area contributed by atoms with E-state index in [1.807, 2.05) is 13.0 Å². The molecule has 0 bridgehead atoms. The van der Waals surface area contributed by atoms with E-state index >= 15 is 0 Å². The van der Waals surface area contributed by atoms with Crippen molar-refractivity contribution in [2.75, 3.05) is 20.3 Å². The third kappa shape index (κ3) is 6.93. The number of hydrogen-bond acceptors (Lipinski definition) is 8. The summed E-state index contributed by atoms with van der Waals surface area (Å²) in [6, 6.07) is 3.61. The first-order valence-electron chi connectivity index (χ1n) is 10.1. The lowest BCUT2D eigenvalue weighted by Crippen LogP contribution is -2.40. The molecule has 1 fully saturated rings. The van der Waals surface area contributed by atoms with E-state index in [2.05, 4.69) is 20.3 Å². The zero-order chi connectivity index (χ0) is 22.2. The van der Waals surface area contributed by atoms with Crippen LogP contribution in [0.15, 0.2) is 24.7 Å². The third-order valence-corrected chi connectivity index (χ3v) is 5.11. The Labute approximate surface area is 186 Å². The molecule has 0 aliphatic heterocycles. The number of pyridine rings is 1. The lowest BCUT2D eigenvalue weighted by Gasteiger charge is -2.35. The maximum absolute atomic E-state index is 11.0. The summed E-state index contributed by atoms with van der Waals surface area (Å²) < 4.78 is 22.3. The summed E-state index contributed by atoms with van der Waals surface area (Å²) in [6.07, 6.45) is 4.99. The van der Waals surface area contributed by atoms with Crippen LogP contribution < -0.4 is 19.5 Å². The van der Waals surface area contributed by atoms with Crippen LogP contribution in [0.3, 0.4) is 0 Å². The van der Waals surface area contributed by atoms with Crippen molar-refractivity contribution in [3.05, 3.63) is 35.2 Å². The standard InChI is InChI=1S/C21H27ClN4O5/c1-13(26-14(2)27)9-29-17-6-16(7-17)11-31-21-19(22)20(24-12-25-21)30-10-15-4-5-18(28-3)23-8-15/h4-5,8,12-13,16-17H,6-7,9-11H2,1-3H3,(H,26,27)/t13-,16-,17-/m0/s1. The average Bonchev–Trinajstić information content (AvgIpc) is 2.72. The van der Waals surface area contributed by atoms with E-state index in [0.717, 1.165) is 18.4 Å². The van der Waals surface area contributed by atoms with Crippen LogP contribution in [0.1, 0.15) is 32.3 Å². The van der Waals surface area contributed by atoms with Crippen LogP contribution in [0.2, 0.25) is 5.02 Å². The Morgan fingerprint density at radius 2 is 1.97 bits per heavy atom. The Balaban J connectivity index is 1.41. The topological polar surface area (TPSA) is 105 Å². The Bertz CT molecular complexity index is 861. The summed E-state index contributed by atoms with van der Waals surface area (Å²) in [4.78, 5) is 23.3. The zero-order valence-corrected chi connectivity index (χ0v) is 18.6. The fourth-order valence-electron chi connectivity index (χ4n) is 3.12. The number of halogens is 1.